The van der Waals surface area contributed by atoms with Crippen LogP contribution in [0.3, 0.4) is 0 Å². The van der Waals surface area contributed by atoms with Crippen LogP contribution in [0.4, 0.5) is 0 Å². The Labute approximate surface area is 141 Å². The van der Waals surface area contributed by atoms with Gasteiger partial charge in [0.25, 0.3) is 0 Å². The summed E-state index contributed by atoms with van der Waals surface area (Å²) in [6.45, 7) is 2.32. The van der Waals surface area contributed by atoms with E-state index in [1.807, 2.05) is 23.1 Å². The van der Waals surface area contributed by atoms with E-state index in [0.29, 0.717) is 26.1 Å². The highest BCUT2D eigenvalue weighted by Crippen LogP contribution is 2.33. The molecule has 0 radical (unpaired) electrons. The molecule has 1 atom stereocenters. The minimum absolute atomic E-state index is 0.0607. The fourth-order valence-corrected chi connectivity index (χ4v) is 3.64. The maximum absolute atomic E-state index is 12.7. The van der Waals surface area contributed by atoms with E-state index < -0.39 is 0 Å². The minimum atomic E-state index is -0.250. The lowest BCUT2D eigenvalue weighted by atomic mass is 10.00. The third-order valence-electron chi connectivity index (χ3n) is 4.90. The van der Waals surface area contributed by atoms with Gasteiger partial charge >= 0.3 is 0 Å². The average Bonchev–Trinajstić information content (AvgIpc) is 3.30. The monoisotopic (exact) mass is 333 g/mol. The Kier molecular flexibility index (Phi) is 4.58. The van der Waals surface area contributed by atoms with E-state index >= 15 is 0 Å². The summed E-state index contributed by atoms with van der Waals surface area (Å²) >= 11 is 0. The van der Waals surface area contributed by atoms with Gasteiger partial charge in [-0.15, -0.1) is 0 Å². The van der Waals surface area contributed by atoms with E-state index in [0.717, 1.165) is 42.9 Å². The molecule has 0 bridgehead atoms. The minimum Gasteiger partial charge on any atom is -0.454 e. The Hall–Kier alpha value is -1.79. The highest BCUT2D eigenvalue weighted by atomic mass is 16.7. The van der Waals surface area contributed by atoms with Crippen LogP contribution in [0, 0.1) is 0 Å². The second kappa shape index (κ2) is 6.99. The van der Waals surface area contributed by atoms with E-state index in [-0.39, 0.29) is 25.0 Å². The normalized spacial score (nSPS) is 23.7. The van der Waals surface area contributed by atoms with Crippen LogP contribution >= 0.6 is 0 Å². The predicted octanol–water partition coefficient (Wildman–Crippen LogP) is 2.10. The second-order valence-corrected chi connectivity index (χ2v) is 6.45. The number of nitrogens with zero attached hydrogens (tertiary/aromatic N) is 1. The lowest BCUT2D eigenvalue weighted by Gasteiger charge is -2.38. The summed E-state index contributed by atoms with van der Waals surface area (Å²) in [5.74, 6) is 1.72. The molecular weight excluding hydrogens is 310 g/mol. The van der Waals surface area contributed by atoms with Gasteiger partial charge in [-0.05, 0) is 43.4 Å². The molecule has 1 aromatic carbocycles. The van der Waals surface area contributed by atoms with Gasteiger partial charge in [-0.1, -0.05) is 6.07 Å². The molecule has 0 spiro atoms. The third kappa shape index (κ3) is 3.21. The van der Waals surface area contributed by atoms with Crippen LogP contribution in [0.1, 0.15) is 31.2 Å². The van der Waals surface area contributed by atoms with Gasteiger partial charge in [0.05, 0.1) is 19.3 Å². The molecule has 3 aliphatic heterocycles. The molecule has 24 heavy (non-hydrogen) atoms. The number of amides is 1. The molecule has 1 unspecified atom stereocenters. The first-order valence-electron chi connectivity index (χ1n) is 8.72. The van der Waals surface area contributed by atoms with Crippen molar-refractivity contribution in [1.82, 2.24) is 4.90 Å². The molecular formula is C18H23NO5. The van der Waals surface area contributed by atoms with Crippen molar-refractivity contribution < 1.29 is 23.7 Å². The topological polar surface area (TPSA) is 57.2 Å². The first kappa shape index (κ1) is 15.7. The maximum atomic E-state index is 12.7. The number of carbonyl (C=O) groups is 1. The quantitative estimate of drug-likeness (QED) is 0.845. The smallest absolute Gasteiger partial charge is 0.231 e. The van der Waals surface area contributed by atoms with Crippen molar-refractivity contribution in [3.8, 4) is 11.5 Å². The van der Waals surface area contributed by atoms with Crippen molar-refractivity contribution in [3.63, 3.8) is 0 Å². The van der Waals surface area contributed by atoms with Gasteiger partial charge < -0.3 is 23.8 Å². The second-order valence-electron chi connectivity index (χ2n) is 6.45. The zero-order valence-electron chi connectivity index (χ0n) is 13.7. The SMILES string of the molecule is O=C(CCc1ccc2c(c1)OCO2)N1CCCCC1C1OCCO1. The molecule has 1 amide bonds. The maximum Gasteiger partial charge on any atom is 0.231 e. The van der Waals surface area contributed by atoms with Crippen LogP contribution in [0.5, 0.6) is 11.5 Å². The standard InChI is InChI=1S/C18H23NO5/c20-17(7-5-13-4-6-15-16(11-13)24-12-23-15)19-8-2-1-3-14(19)18-21-9-10-22-18/h4,6,11,14,18H,1-3,5,7-10,12H2. The summed E-state index contributed by atoms with van der Waals surface area (Å²) in [6.07, 6.45) is 4.08. The molecule has 6 heteroatoms. The molecule has 6 nitrogen and oxygen atoms in total. The molecule has 3 aliphatic rings. The number of ether oxygens (including phenoxy) is 4. The zero-order chi connectivity index (χ0) is 16.4. The molecule has 2 saturated heterocycles. The molecule has 0 aliphatic carbocycles. The van der Waals surface area contributed by atoms with Gasteiger partial charge in [0.2, 0.25) is 12.7 Å². The van der Waals surface area contributed by atoms with Crippen LogP contribution in [-0.4, -0.2) is 49.7 Å². The lowest BCUT2D eigenvalue weighted by Crippen LogP contribution is -2.50. The van der Waals surface area contributed by atoms with Crippen molar-refractivity contribution in [2.24, 2.45) is 0 Å². The number of likely N-dealkylation sites (tertiary alicyclic amines) is 1. The van der Waals surface area contributed by atoms with Gasteiger partial charge in [-0.3, -0.25) is 4.79 Å². The molecule has 0 aromatic heterocycles. The van der Waals surface area contributed by atoms with Crippen LogP contribution in [0.2, 0.25) is 0 Å². The third-order valence-corrected chi connectivity index (χ3v) is 4.90. The number of aryl methyl sites for hydroxylation is 1. The van der Waals surface area contributed by atoms with E-state index in [1.54, 1.807) is 0 Å². The molecule has 1 aromatic rings. The van der Waals surface area contributed by atoms with Gasteiger partial charge in [-0.25, -0.2) is 0 Å². The van der Waals surface area contributed by atoms with Crippen molar-refractivity contribution in [3.05, 3.63) is 23.8 Å². The van der Waals surface area contributed by atoms with Crippen molar-refractivity contribution in [1.29, 1.82) is 0 Å². The van der Waals surface area contributed by atoms with Crippen LogP contribution in [0.25, 0.3) is 0 Å². The van der Waals surface area contributed by atoms with Crippen LogP contribution in [0.15, 0.2) is 18.2 Å². The summed E-state index contributed by atoms with van der Waals surface area (Å²) in [7, 11) is 0. The Balaban J connectivity index is 1.37. The number of piperidine rings is 1. The summed E-state index contributed by atoms with van der Waals surface area (Å²) in [5.41, 5.74) is 1.09. The molecule has 4 rings (SSSR count). The van der Waals surface area contributed by atoms with E-state index in [2.05, 4.69) is 0 Å². The lowest BCUT2D eigenvalue weighted by molar-refractivity contribution is -0.150. The fourth-order valence-electron chi connectivity index (χ4n) is 3.64. The first-order chi connectivity index (χ1) is 11.8. The van der Waals surface area contributed by atoms with Gasteiger partial charge in [0, 0.05) is 13.0 Å². The molecule has 0 saturated carbocycles. The largest absolute Gasteiger partial charge is 0.454 e. The summed E-state index contributed by atoms with van der Waals surface area (Å²) < 4.78 is 22.0. The molecule has 0 N–H and O–H groups in total. The van der Waals surface area contributed by atoms with E-state index in [9.17, 15) is 4.79 Å². The van der Waals surface area contributed by atoms with E-state index in [4.69, 9.17) is 18.9 Å². The number of rotatable bonds is 4. The van der Waals surface area contributed by atoms with Gasteiger partial charge in [-0.2, -0.15) is 0 Å². The summed E-state index contributed by atoms with van der Waals surface area (Å²) in [5, 5.41) is 0. The van der Waals surface area contributed by atoms with Gasteiger partial charge in [0.1, 0.15) is 0 Å². The van der Waals surface area contributed by atoms with Crippen molar-refractivity contribution >= 4 is 5.91 Å². The summed E-state index contributed by atoms with van der Waals surface area (Å²) in [6, 6.07) is 5.93. The first-order valence-corrected chi connectivity index (χ1v) is 8.72. The average molecular weight is 333 g/mol. The summed E-state index contributed by atoms with van der Waals surface area (Å²) in [4.78, 5) is 14.7. The highest BCUT2D eigenvalue weighted by Gasteiger charge is 2.35. The number of benzene rings is 1. The molecule has 3 heterocycles. The number of fused-ring (bicyclic) bond motifs is 1. The van der Waals surface area contributed by atoms with E-state index in [1.165, 1.54) is 0 Å². The van der Waals surface area contributed by atoms with Crippen molar-refractivity contribution in [2.75, 3.05) is 26.6 Å². The Morgan fingerprint density at radius 1 is 1.12 bits per heavy atom. The number of hydrogen-bond acceptors (Lipinski definition) is 5. The molecule has 2 fully saturated rings. The fraction of sp³-hybridized carbons (Fsp3) is 0.611. The zero-order valence-corrected chi connectivity index (χ0v) is 13.7. The predicted molar refractivity (Wildman–Crippen MR) is 85.9 cm³/mol. The Morgan fingerprint density at radius 2 is 1.96 bits per heavy atom. The highest BCUT2D eigenvalue weighted by molar-refractivity contribution is 5.77. The Bertz CT molecular complexity index is 599. The van der Waals surface area contributed by atoms with Gasteiger partial charge in [0.15, 0.2) is 17.8 Å². The molecule has 130 valence electrons. The Morgan fingerprint density at radius 3 is 2.83 bits per heavy atom. The van der Waals surface area contributed by atoms with Crippen LogP contribution < -0.4 is 9.47 Å². The van der Waals surface area contributed by atoms with Crippen molar-refractivity contribution in [2.45, 2.75) is 44.4 Å². The van der Waals surface area contributed by atoms with Crippen LogP contribution in [-0.2, 0) is 20.7 Å². The number of carbonyl (C=O) groups excluding carboxylic acids is 1. The number of hydrogen-bond donors (Lipinski definition) is 0.